The van der Waals surface area contributed by atoms with Gasteiger partial charge in [-0.05, 0) is 61.6 Å². The lowest BCUT2D eigenvalue weighted by atomic mass is 9.95. The fourth-order valence-electron chi connectivity index (χ4n) is 3.62. The quantitative estimate of drug-likeness (QED) is 0.416. The van der Waals surface area contributed by atoms with Gasteiger partial charge in [-0.15, -0.1) is 0 Å². The molecule has 0 spiro atoms. The third-order valence-corrected chi connectivity index (χ3v) is 5.48. The third kappa shape index (κ3) is 3.49. The number of hydrazone groups is 1. The minimum atomic E-state index is -0.301. The first-order valence-electron chi connectivity index (χ1n) is 9.10. The highest BCUT2D eigenvalue weighted by Gasteiger charge is 2.16. The first-order valence-corrected chi connectivity index (χ1v) is 9.89. The average molecular weight is 442 g/mol. The van der Waals surface area contributed by atoms with Gasteiger partial charge in [0.2, 0.25) is 0 Å². The summed E-state index contributed by atoms with van der Waals surface area (Å²) < 4.78 is 5.84. The zero-order valence-corrected chi connectivity index (χ0v) is 17.0. The molecule has 1 amide bonds. The smallest absolute Gasteiger partial charge is 0.271 e. The summed E-state index contributed by atoms with van der Waals surface area (Å²) in [5.74, 6) is -0.0146. The number of phenolic OH excluding ortho intramolecular Hbond substituents is 1. The molecule has 2 aromatic carbocycles. The van der Waals surface area contributed by atoms with Gasteiger partial charge in [0.1, 0.15) is 0 Å². The van der Waals surface area contributed by atoms with Gasteiger partial charge in [0.25, 0.3) is 5.91 Å². The lowest BCUT2D eigenvalue weighted by Crippen LogP contribution is -2.17. The van der Waals surface area contributed by atoms with Crippen LogP contribution < -0.4 is 10.2 Å². The molecule has 7 heteroatoms. The molecule has 0 saturated carbocycles. The van der Waals surface area contributed by atoms with Gasteiger partial charge in [-0.25, -0.2) is 5.43 Å². The zero-order chi connectivity index (χ0) is 19.7. The molecule has 0 saturated heterocycles. The van der Waals surface area contributed by atoms with Crippen molar-refractivity contribution >= 4 is 39.0 Å². The van der Waals surface area contributed by atoms with E-state index < -0.39 is 0 Å². The standard InChI is InChI=1S/C21H20BrN3O3/c1-28-19-10-14(22)8-13(20(19)26)11-23-25-21(27)12-6-7-18-16(9-12)15-4-2-3-5-17(15)24-18/h6-11,24,26H,2-5H2,1H3,(H,25,27)/b23-11+. The number of ether oxygens (including phenoxy) is 1. The van der Waals surface area contributed by atoms with E-state index in [-0.39, 0.29) is 11.7 Å². The Labute approximate surface area is 170 Å². The van der Waals surface area contributed by atoms with Crippen molar-refractivity contribution in [3.8, 4) is 11.5 Å². The fourth-order valence-corrected chi connectivity index (χ4v) is 4.08. The molecule has 3 aromatic rings. The number of halogens is 1. The minimum absolute atomic E-state index is 0.0379. The number of fused-ring (bicyclic) bond motifs is 3. The van der Waals surface area contributed by atoms with Crippen molar-refractivity contribution in [2.24, 2.45) is 5.10 Å². The Balaban J connectivity index is 1.54. The Hall–Kier alpha value is -2.80. The van der Waals surface area contributed by atoms with Crippen LogP contribution in [0.5, 0.6) is 11.5 Å². The number of phenols is 1. The largest absolute Gasteiger partial charge is 0.504 e. The molecule has 0 atom stereocenters. The second kappa shape index (κ2) is 7.67. The molecule has 1 heterocycles. The van der Waals surface area contributed by atoms with E-state index in [1.165, 1.54) is 37.4 Å². The number of carbonyl (C=O) groups excluding carboxylic acids is 1. The van der Waals surface area contributed by atoms with Crippen molar-refractivity contribution in [2.45, 2.75) is 25.7 Å². The number of carbonyl (C=O) groups is 1. The van der Waals surface area contributed by atoms with Gasteiger partial charge in [-0.1, -0.05) is 15.9 Å². The number of hydrogen-bond donors (Lipinski definition) is 3. The van der Waals surface area contributed by atoms with Crippen molar-refractivity contribution in [3.05, 3.63) is 57.2 Å². The van der Waals surface area contributed by atoms with Crippen molar-refractivity contribution in [3.63, 3.8) is 0 Å². The van der Waals surface area contributed by atoms with Gasteiger partial charge >= 0.3 is 0 Å². The van der Waals surface area contributed by atoms with E-state index in [4.69, 9.17) is 4.74 Å². The molecule has 28 heavy (non-hydrogen) atoms. The Kier molecular flexibility index (Phi) is 5.09. The van der Waals surface area contributed by atoms with Crippen LogP contribution in [0, 0.1) is 0 Å². The van der Waals surface area contributed by atoms with E-state index in [0.717, 1.165) is 28.2 Å². The predicted molar refractivity (Wildman–Crippen MR) is 112 cm³/mol. The van der Waals surface area contributed by atoms with Crippen LogP contribution in [-0.2, 0) is 12.8 Å². The van der Waals surface area contributed by atoms with Gasteiger partial charge in [-0.2, -0.15) is 5.10 Å². The highest BCUT2D eigenvalue weighted by molar-refractivity contribution is 9.10. The molecule has 1 aliphatic rings. The van der Waals surface area contributed by atoms with Gasteiger partial charge < -0.3 is 14.8 Å². The van der Waals surface area contributed by atoms with E-state index >= 15 is 0 Å². The maximum atomic E-state index is 12.5. The highest BCUT2D eigenvalue weighted by atomic mass is 79.9. The molecule has 1 aliphatic carbocycles. The van der Waals surface area contributed by atoms with Crippen LogP contribution in [0.2, 0.25) is 0 Å². The molecular formula is C21H20BrN3O3. The number of rotatable bonds is 4. The SMILES string of the molecule is COc1cc(Br)cc(/C=N/NC(=O)c2ccc3[nH]c4c(c3c2)CCCC4)c1O. The topological polar surface area (TPSA) is 86.7 Å². The summed E-state index contributed by atoms with van der Waals surface area (Å²) in [5, 5.41) is 15.2. The van der Waals surface area contributed by atoms with Crippen LogP contribution in [-0.4, -0.2) is 29.3 Å². The monoisotopic (exact) mass is 441 g/mol. The summed E-state index contributed by atoms with van der Waals surface area (Å²) in [7, 11) is 1.47. The second-order valence-corrected chi connectivity index (χ2v) is 7.71. The zero-order valence-electron chi connectivity index (χ0n) is 15.4. The van der Waals surface area contributed by atoms with Crippen molar-refractivity contribution in [1.82, 2.24) is 10.4 Å². The summed E-state index contributed by atoms with van der Waals surface area (Å²) in [6.07, 6.45) is 5.88. The molecule has 3 N–H and O–H groups in total. The summed E-state index contributed by atoms with van der Waals surface area (Å²) in [6, 6.07) is 8.98. The van der Waals surface area contributed by atoms with E-state index in [1.807, 2.05) is 12.1 Å². The normalized spacial score (nSPS) is 13.6. The molecule has 0 aliphatic heterocycles. The number of aromatic hydroxyl groups is 1. The number of hydrogen-bond acceptors (Lipinski definition) is 4. The molecule has 1 aromatic heterocycles. The number of aromatic nitrogens is 1. The highest BCUT2D eigenvalue weighted by Crippen LogP contribution is 2.32. The molecule has 0 unspecified atom stereocenters. The van der Waals surface area contributed by atoms with Crippen molar-refractivity contribution < 1.29 is 14.6 Å². The van der Waals surface area contributed by atoms with Crippen LogP contribution in [0.3, 0.4) is 0 Å². The number of H-pyrrole nitrogens is 1. The predicted octanol–water partition coefficient (Wildman–Crippen LogP) is 4.29. The number of methoxy groups -OCH3 is 1. The molecule has 4 rings (SSSR count). The van der Waals surface area contributed by atoms with Gasteiger partial charge in [0.05, 0.1) is 13.3 Å². The maximum Gasteiger partial charge on any atom is 0.271 e. The molecule has 144 valence electrons. The average Bonchev–Trinajstić information content (AvgIpc) is 3.08. The second-order valence-electron chi connectivity index (χ2n) is 6.79. The molecular weight excluding hydrogens is 422 g/mol. The summed E-state index contributed by atoms with van der Waals surface area (Å²) in [4.78, 5) is 16.0. The summed E-state index contributed by atoms with van der Waals surface area (Å²) in [6.45, 7) is 0. The molecule has 0 bridgehead atoms. The van der Waals surface area contributed by atoms with Crippen molar-refractivity contribution in [2.75, 3.05) is 7.11 Å². The van der Waals surface area contributed by atoms with Gasteiger partial charge in [0, 0.05) is 32.2 Å². The van der Waals surface area contributed by atoms with Gasteiger partial charge in [0.15, 0.2) is 11.5 Å². The maximum absolute atomic E-state index is 12.5. The number of nitrogens with one attached hydrogen (secondary N) is 2. The number of aryl methyl sites for hydroxylation is 2. The number of benzene rings is 2. The first kappa shape index (κ1) is 18.6. The lowest BCUT2D eigenvalue weighted by molar-refractivity contribution is 0.0955. The Morgan fingerprint density at radius 3 is 2.93 bits per heavy atom. The van der Waals surface area contributed by atoms with Crippen LogP contribution in [0.25, 0.3) is 10.9 Å². The number of aromatic amines is 1. The minimum Gasteiger partial charge on any atom is -0.504 e. The van der Waals surface area contributed by atoms with Crippen molar-refractivity contribution in [1.29, 1.82) is 0 Å². The fraction of sp³-hybridized carbons (Fsp3) is 0.238. The van der Waals surface area contributed by atoms with E-state index in [1.54, 1.807) is 18.2 Å². The van der Waals surface area contributed by atoms with Crippen LogP contribution in [0.4, 0.5) is 0 Å². The Bertz CT molecular complexity index is 1090. The lowest BCUT2D eigenvalue weighted by Gasteiger charge is -2.10. The van der Waals surface area contributed by atoms with E-state index in [9.17, 15) is 9.90 Å². The molecule has 0 fully saturated rings. The number of nitrogens with zero attached hydrogens (tertiary/aromatic N) is 1. The number of amides is 1. The van der Waals surface area contributed by atoms with Crippen LogP contribution in [0.15, 0.2) is 39.9 Å². The Morgan fingerprint density at radius 2 is 2.11 bits per heavy atom. The molecule has 0 radical (unpaired) electrons. The summed E-state index contributed by atoms with van der Waals surface area (Å²) in [5.41, 5.74) is 7.18. The van der Waals surface area contributed by atoms with E-state index in [2.05, 4.69) is 31.4 Å². The summed E-state index contributed by atoms with van der Waals surface area (Å²) >= 11 is 3.35. The van der Waals surface area contributed by atoms with E-state index in [0.29, 0.717) is 16.9 Å². The first-order chi connectivity index (χ1) is 13.6. The van der Waals surface area contributed by atoms with Gasteiger partial charge in [-0.3, -0.25) is 4.79 Å². The molecule has 6 nitrogen and oxygen atoms in total. The Morgan fingerprint density at radius 1 is 1.29 bits per heavy atom. The van der Waals surface area contributed by atoms with Crippen LogP contribution in [0.1, 0.15) is 40.0 Å². The third-order valence-electron chi connectivity index (χ3n) is 5.02. The van der Waals surface area contributed by atoms with Crippen LogP contribution >= 0.6 is 15.9 Å².